The summed E-state index contributed by atoms with van der Waals surface area (Å²) < 4.78 is 15.0. The van der Waals surface area contributed by atoms with Crippen LogP contribution in [0.4, 0.5) is 0 Å². The number of nitrogens with one attached hydrogen (secondary N) is 1. The summed E-state index contributed by atoms with van der Waals surface area (Å²) in [5, 5.41) is 4.42. The Bertz CT molecular complexity index is 875. The van der Waals surface area contributed by atoms with Crippen molar-refractivity contribution in [3.63, 3.8) is 0 Å². The molecule has 0 atom stereocenters. The van der Waals surface area contributed by atoms with Crippen LogP contribution in [0.2, 0.25) is 0 Å². The molecule has 0 bridgehead atoms. The summed E-state index contributed by atoms with van der Waals surface area (Å²) in [6.07, 6.45) is 0. The standard InChI is InChI=1S/C14H16N4O2S/c1-8-12-13(17(2)16-8)18(14(21)15-12)9-5-6-10(19-3)11(7-9)20-4/h5-7H,1-4H3,(H,15,21). The quantitative estimate of drug-likeness (QED) is 0.756. The van der Waals surface area contributed by atoms with Crippen LogP contribution < -0.4 is 9.47 Å². The number of aromatic nitrogens is 4. The molecule has 2 heterocycles. The third-order valence-electron chi connectivity index (χ3n) is 3.46. The van der Waals surface area contributed by atoms with Crippen LogP contribution in [-0.2, 0) is 7.05 Å². The number of methoxy groups -OCH3 is 2. The molecular formula is C14H16N4O2S. The SMILES string of the molecule is COc1ccc(-n2c(=S)[nH]c3c(C)nn(C)c32)cc1OC. The number of benzene rings is 1. The summed E-state index contributed by atoms with van der Waals surface area (Å²) in [5.41, 5.74) is 3.67. The maximum Gasteiger partial charge on any atom is 0.184 e. The smallest absolute Gasteiger partial charge is 0.184 e. The maximum atomic E-state index is 5.44. The van der Waals surface area contributed by atoms with Crippen LogP contribution in [0.5, 0.6) is 11.5 Å². The lowest BCUT2D eigenvalue weighted by molar-refractivity contribution is 0.355. The number of H-pyrrole nitrogens is 1. The summed E-state index contributed by atoms with van der Waals surface area (Å²) in [5.74, 6) is 1.34. The van der Waals surface area contributed by atoms with E-state index in [4.69, 9.17) is 21.7 Å². The minimum atomic E-state index is 0.619. The Morgan fingerprint density at radius 2 is 1.90 bits per heavy atom. The highest BCUT2D eigenvalue weighted by atomic mass is 32.1. The van der Waals surface area contributed by atoms with E-state index in [0.29, 0.717) is 16.3 Å². The van der Waals surface area contributed by atoms with E-state index in [9.17, 15) is 0 Å². The van der Waals surface area contributed by atoms with Crippen LogP contribution >= 0.6 is 12.2 Å². The molecule has 7 heteroatoms. The van der Waals surface area contributed by atoms with E-state index in [1.165, 1.54) is 0 Å². The van der Waals surface area contributed by atoms with Gasteiger partial charge in [-0.25, -0.2) is 4.68 Å². The molecule has 0 fully saturated rings. The van der Waals surface area contributed by atoms with Gasteiger partial charge in [-0.1, -0.05) is 0 Å². The average molecular weight is 304 g/mol. The highest BCUT2D eigenvalue weighted by molar-refractivity contribution is 7.71. The summed E-state index contributed by atoms with van der Waals surface area (Å²) in [7, 11) is 5.12. The Hall–Kier alpha value is -2.28. The molecule has 0 amide bonds. The van der Waals surface area contributed by atoms with Gasteiger partial charge in [0.05, 0.1) is 25.6 Å². The number of nitrogens with zero attached hydrogens (tertiary/aromatic N) is 3. The lowest BCUT2D eigenvalue weighted by atomic mass is 10.2. The van der Waals surface area contributed by atoms with Crippen molar-refractivity contribution in [3.05, 3.63) is 28.7 Å². The predicted octanol–water partition coefficient (Wildman–Crippen LogP) is 2.75. The monoisotopic (exact) mass is 304 g/mol. The van der Waals surface area contributed by atoms with Crippen molar-refractivity contribution in [1.29, 1.82) is 0 Å². The molecule has 0 radical (unpaired) electrons. The number of imidazole rings is 1. The minimum absolute atomic E-state index is 0.619. The zero-order valence-corrected chi connectivity index (χ0v) is 13.1. The van der Waals surface area contributed by atoms with Gasteiger partial charge in [0.15, 0.2) is 21.9 Å². The normalized spacial score (nSPS) is 11.0. The molecule has 0 saturated heterocycles. The fourth-order valence-electron chi connectivity index (χ4n) is 2.51. The minimum Gasteiger partial charge on any atom is -0.493 e. The van der Waals surface area contributed by atoms with Crippen molar-refractivity contribution in [3.8, 4) is 17.2 Å². The molecule has 21 heavy (non-hydrogen) atoms. The number of ether oxygens (including phenoxy) is 2. The van der Waals surface area contributed by atoms with Crippen LogP contribution in [0.15, 0.2) is 18.2 Å². The second-order valence-electron chi connectivity index (χ2n) is 4.71. The number of aromatic amines is 1. The van der Waals surface area contributed by atoms with Crippen molar-refractivity contribution in [2.75, 3.05) is 14.2 Å². The third kappa shape index (κ3) is 2.01. The summed E-state index contributed by atoms with van der Waals surface area (Å²) in [6, 6.07) is 5.69. The Kier molecular flexibility index (Phi) is 3.21. The van der Waals surface area contributed by atoms with Gasteiger partial charge >= 0.3 is 0 Å². The fraction of sp³-hybridized carbons (Fsp3) is 0.286. The van der Waals surface area contributed by atoms with Crippen LogP contribution in [0.3, 0.4) is 0 Å². The highest BCUT2D eigenvalue weighted by Gasteiger charge is 2.15. The number of rotatable bonds is 3. The topological polar surface area (TPSA) is 57.0 Å². The van der Waals surface area contributed by atoms with Gasteiger partial charge in [-0.15, -0.1) is 0 Å². The number of fused-ring (bicyclic) bond motifs is 1. The molecule has 0 spiro atoms. The molecule has 2 aromatic heterocycles. The molecule has 3 rings (SSSR count). The van der Waals surface area contributed by atoms with Gasteiger partial charge in [-0.3, -0.25) is 4.57 Å². The molecular weight excluding hydrogens is 288 g/mol. The molecule has 6 nitrogen and oxygen atoms in total. The molecule has 0 aliphatic rings. The van der Waals surface area contributed by atoms with Gasteiger partial charge in [0.2, 0.25) is 0 Å². The first-order valence-electron chi connectivity index (χ1n) is 6.43. The summed E-state index contributed by atoms with van der Waals surface area (Å²) in [4.78, 5) is 3.20. The largest absolute Gasteiger partial charge is 0.493 e. The van der Waals surface area contributed by atoms with Crippen LogP contribution in [-0.4, -0.2) is 33.6 Å². The Balaban J connectivity index is 2.30. The lowest BCUT2D eigenvalue weighted by Crippen LogP contribution is -2.01. The fourth-order valence-corrected chi connectivity index (χ4v) is 2.81. The van der Waals surface area contributed by atoms with Gasteiger partial charge in [-0.2, -0.15) is 5.10 Å². The molecule has 1 aromatic carbocycles. The summed E-state index contributed by atoms with van der Waals surface area (Å²) >= 11 is 5.44. The van der Waals surface area contributed by atoms with Crippen molar-refractivity contribution in [1.82, 2.24) is 19.3 Å². The van der Waals surface area contributed by atoms with Crippen molar-refractivity contribution in [2.24, 2.45) is 7.05 Å². The first kappa shape index (κ1) is 13.7. The number of hydrogen-bond donors (Lipinski definition) is 1. The predicted molar refractivity (Wildman–Crippen MR) is 83.1 cm³/mol. The first-order chi connectivity index (χ1) is 10.1. The maximum absolute atomic E-state index is 5.44. The molecule has 110 valence electrons. The van der Waals surface area contributed by atoms with Gasteiger partial charge < -0.3 is 14.5 Å². The van der Waals surface area contributed by atoms with Gasteiger partial charge in [-0.05, 0) is 31.3 Å². The van der Waals surface area contributed by atoms with Gasteiger partial charge in [0.25, 0.3) is 0 Å². The molecule has 0 saturated carbocycles. The number of aryl methyl sites for hydroxylation is 2. The summed E-state index contributed by atoms with van der Waals surface area (Å²) in [6.45, 7) is 1.95. The third-order valence-corrected chi connectivity index (χ3v) is 3.75. The zero-order valence-electron chi connectivity index (χ0n) is 12.3. The Morgan fingerprint density at radius 3 is 2.57 bits per heavy atom. The first-order valence-corrected chi connectivity index (χ1v) is 6.84. The van der Waals surface area contributed by atoms with Crippen molar-refractivity contribution >= 4 is 23.4 Å². The second kappa shape index (κ2) is 4.92. The average Bonchev–Trinajstić information content (AvgIpc) is 2.96. The Labute approximate surface area is 126 Å². The zero-order chi connectivity index (χ0) is 15.1. The molecule has 0 aliphatic heterocycles. The van der Waals surface area contributed by atoms with Crippen LogP contribution in [0.25, 0.3) is 16.9 Å². The molecule has 3 aromatic rings. The van der Waals surface area contributed by atoms with Gasteiger partial charge in [0, 0.05) is 13.1 Å². The van der Waals surface area contributed by atoms with Crippen molar-refractivity contribution in [2.45, 2.75) is 6.92 Å². The van der Waals surface area contributed by atoms with Gasteiger partial charge in [0.1, 0.15) is 5.52 Å². The molecule has 0 aliphatic carbocycles. The van der Waals surface area contributed by atoms with E-state index in [2.05, 4.69) is 10.1 Å². The van der Waals surface area contributed by atoms with E-state index >= 15 is 0 Å². The molecule has 0 unspecified atom stereocenters. The number of hydrogen-bond acceptors (Lipinski definition) is 4. The van der Waals surface area contributed by atoms with E-state index in [1.54, 1.807) is 14.2 Å². The van der Waals surface area contributed by atoms with Crippen LogP contribution in [0.1, 0.15) is 5.69 Å². The van der Waals surface area contributed by atoms with E-state index < -0.39 is 0 Å². The van der Waals surface area contributed by atoms with Crippen molar-refractivity contribution < 1.29 is 9.47 Å². The highest BCUT2D eigenvalue weighted by Crippen LogP contribution is 2.31. The Morgan fingerprint density at radius 1 is 1.19 bits per heavy atom. The van der Waals surface area contributed by atoms with E-state index in [0.717, 1.165) is 22.5 Å². The van der Waals surface area contributed by atoms with Crippen LogP contribution in [0, 0.1) is 11.7 Å². The molecule has 1 N–H and O–H groups in total. The van der Waals surface area contributed by atoms with E-state index in [-0.39, 0.29) is 0 Å². The van der Waals surface area contributed by atoms with E-state index in [1.807, 2.05) is 41.4 Å². The second-order valence-corrected chi connectivity index (χ2v) is 5.10. The lowest BCUT2D eigenvalue weighted by Gasteiger charge is -2.10.